The SMILES string of the molecule is C/C(=C\S(=O)(=O)CC12CCC(CC1=O)C2(C)C)C(N)=O. The Morgan fingerprint density at radius 2 is 2.05 bits per heavy atom. The number of fused-ring (bicyclic) bond motifs is 2. The van der Waals surface area contributed by atoms with Crippen LogP contribution in [0.2, 0.25) is 0 Å². The number of nitrogens with two attached hydrogens (primary N) is 1. The van der Waals surface area contributed by atoms with E-state index in [0.717, 1.165) is 11.8 Å². The van der Waals surface area contributed by atoms with Crippen molar-refractivity contribution in [2.75, 3.05) is 5.75 Å². The van der Waals surface area contributed by atoms with Gasteiger partial charge in [0.25, 0.3) is 0 Å². The maximum atomic E-state index is 12.3. The second-order valence-corrected chi connectivity index (χ2v) is 8.49. The van der Waals surface area contributed by atoms with E-state index in [1.54, 1.807) is 0 Å². The van der Waals surface area contributed by atoms with Crippen LogP contribution in [-0.2, 0) is 19.4 Å². The van der Waals surface area contributed by atoms with E-state index < -0.39 is 21.2 Å². The van der Waals surface area contributed by atoms with Gasteiger partial charge in [-0.2, -0.15) is 0 Å². The van der Waals surface area contributed by atoms with Crippen LogP contribution < -0.4 is 5.73 Å². The number of rotatable bonds is 4. The predicted molar refractivity (Wildman–Crippen MR) is 75.3 cm³/mol. The van der Waals surface area contributed by atoms with Gasteiger partial charge in [0, 0.05) is 22.8 Å². The molecule has 0 spiro atoms. The van der Waals surface area contributed by atoms with Gasteiger partial charge in [-0.1, -0.05) is 13.8 Å². The van der Waals surface area contributed by atoms with E-state index in [2.05, 4.69) is 0 Å². The molecule has 2 fully saturated rings. The summed E-state index contributed by atoms with van der Waals surface area (Å²) in [6.07, 6.45) is 1.99. The van der Waals surface area contributed by atoms with Gasteiger partial charge in [-0.3, -0.25) is 9.59 Å². The summed E-state index contributed by atoms with van der Waals surface area (Å²) >= 11 is 0. The molecule has 0 aromatic carbocycles. The second kappa shape index (κ2) is 4.41. The average molecular weight is 299 g/mol. The molecule has 0 radical (unpaired) electrons. The number of hydrogen-bond acceptors (Lipinski definition) is 4. The molecule has 0 aromatic heterocycles. The molecule has 2 rings (SSSR count). The lowest BCUT2D eigenvalue weighted by atomic mass is 9.70. The van der Waals surface area contributed by atoms with Crippen LogP contribution in [0, 0.1) is 16.7 Å². The van der Waals surface area contributed by atoms with Crippen LogP contribution >= 0.6 is 0 Å². The van der Waals surface area contributed by atoms with Crippen molar-refractivity contribution in [3.05, 3.63) is 11.0 Å². The average Bonchev–Trinajstić information content (AvgIpc) is 2.61. The summed E-state index contributed by atoms with van der Waals surface area (Å²) in [5, 5.41) is 0.916. The van der Waals surface area contributed by atoms with E-state index in [9.17, 15) is 18.0 Å². The van der Waals surface area contributed by atoms with Crippen molar-refractivity contribution in [2.24, 2.45) is 22.5 Å². The first-order valence-corrected chi connectivity index (χ1v) is 8.47. The summed E-state index contributed by atoms with van der Waals surface area (Å²) in [6, 6.07) is 0. The van der Waals surface area contributed by atoms with Gasteiger partial charge in [0.15, 0.2) is 9.84 Å². The molecule has 2 saturated carbocycles. The Kier molecular flexibility index (Phi) is 3.36. The summed E-state index contributed by atoms with van der Waals surface area (Å²) < 4.78 is 24.6. The summed E-state index contributed by atoms with van der Waals surface area (Å²) in [4.78, 5) is 23.3. The van der Waals surface area contributed by atoms with E-state index in [4.69, 9.17) is 5.73 Å². The highest BCUT2D eigenvalue weighted by atomic mass is 32.2. The van der Waals surface area contributed by atoms with Crippen LogP contribution in [0.5, 0.6) is 0 Å². The molecule has 2 aliphatic rings. The number of amides is 1. The van der Waals surface area contributed by atoms with Gasteiger partial charge in [0.1, 0.15) is 5.78 Å². The first-order valence-electron chi connectivity index (χ1n) is 6.76. The minimum atomic E-state index is -3.64. The molecule has 0 aromatic rings. The number of Topliss-reactive ketones (excluding diaryl/α,β-unsaturated/α-hetero) is 1. The van der Waals surface area contributed by atoms with E-state index >= 15 is 0 Å². The largest absolute Gasteiger partial charge is 0.366 e. The zero-order chi connectivity index (χ0) is 15.3. The highest BCUT2D eigenvalue weighted by molar-refractivity contribution is 7.94. The Hall–Kier alpha value is -1.17. The third kappa shape index (κ3) is 2.10. The number of carbonyl (C=O) groups is 2. The molecule has 0 heterocycles. The van der Waals surface area contributed by atoms with Crippen LogP contribution in [0.4, 0.5) is 0 Å². The lowest BCUT2D eigenvalue weighted by Crippen LogP contribution is -2.41. The van der Waals surface area contributed by atoms with Crippen molar-refractivity contribution in [1.82, 2.24) is 0 Å². The summed E-state index contributed by atoms with van der Waals surface area (Å²) in [7, 11) is -3.64. The summed E-state index contributed by atoms with van der Waals surface area (Å²) in [6.45, 7) is 5.34. The monoisotopic (exact) mass is 299 g/mol. The minimum Gasteiger partial charge on any atom is -0.366 e. The Morgan fingerprint density at radius 3 is 2.45 bits per heavy atom. The van der Waals surface area contributed by atoms with Crippen LogP contribution in [0.3, 0.4) is 0 Å². The van der Waals surface area contributed by atoms with Crippen molar-refractivity contribution >= 4 is 21.5 Å². The van der Waals surface area contributed by atoms with Gasteiger partial charge >= 0.3 is 0 Å². The number of sulfone groups is 1. The van der Waals surface area contributed by atoms with Crippen molar-refractivity contribution in [3.63, 3.8) is 0 Å². The standard InChI is InChI=1S/C14H21NO4S/c1-9(12(15)17)7-20(18,19)8-14-5-4-10(6-11(14)16)13(14,2)3/h7,10H,4-6,8H2,1-3H3,(H2,15,17)/b9-7+. The molecule has 2 unspecified atom stereocenters. The van der Waals surface area contributed by atoms with Crippen LogP contribution in [0.1, 0.15) is 40.0 Å². The van der Waals surface area contributed by atoms with Crippen LogP contribution in [0.25, 0.3) is 0 Å². The highest BCUT2D eigenvalue weighted by Crippen LogP contribution is 2.64. The van der Waals surface area contributed by atoms with Gasteiger partial charge in [0.2, 0.25) is 5.91 Å². The maximum absolute atomic E-state index is 12.3. The third-order valence-electron chi connectivity index (χ3n) is 5.33. The molecule has 112 valence electrons. The van der Waals surface area contributed by atoms with Crippen LogP contribution in [0.15, 0.2) is 11.0 Å². The smallest absolute Gasteiger partial charge is 0.245 e. The molecule has 2 atom stereocenters. The van der Waals surface area contributed by atoms with Gasteiger partial charge in [0.05, 0.1) is 5.75 Å². The van der Waals surface area contributed by atoms with E-state index in [1.165, 1.54) is 6.92 Å². The number of hydrogen-bond donors (Lipinski definition) is 1. The van der Waals surface area contributed by atoms with Gasteiger partial charge < -0.3 is 5.73 Å². The summed E-state index contributed by atoms with van der Waals surface area (Å²) in [5.41, 5.74) is 3.97. The molecule has 1 amide bonds. The fourth-order valence-electron chi connectivity index (χ4n) is 3.82. The lowest BCUT2D eigenvalue weighted by molar-refractivity contribution is -0.128. The molecule has 2 N–H and O–H groups in total. The van der Waals surface area contributed by atoms with Crippen LogP contribution in [-0.4, -0.2) is 25.9 Å². The van der Waals surface area contributed by atoms with Crippen molar-refractivity contribution in [1.29, 1.82) is 0 Å². The summed E-state index contributed by atoms with van der Waals surface area (Å²) in [5.74, 6) is -0.654. The quantitative estimate of drug-likeness (QED) is 0.789. The van der Waals surface area contributed by atoms with Gasteiger partial charge in [-0.25, -0.2) is 8.42 Å². The Balaban J connectivity index is 2.36. The fraction of sp³-hybridized carbons (Fsp3) is 0.714. The zero-order valence-electron chi connectivity index (χ0n) is 12.1. The molecule has 20 heavy (non-hydrogen) atoms. The predicted octanol–water partition coefficient (Wildman–Crippen LogP) is 1.19. The molecular formula is C14H21NO4S. The minimum absolute atomic E-state index is 0.000742. The molecule has 0 saturated heterocycles. The third-order valence-corrected chi connectivity index (χ3v) is 6.94. The molecule has 2 bridgehead atoms. The van der Waals surface area contributed by atoms with E-state index in [-0.39, 0.29) is 28.4 Å². The zero-order valence-corrected chi connectivity index (χ0v) is 12.9. The topological polar surface area (TPSA) is 94.3 Å². The number of ketones is 1. The first-order chi connectivity index (χ1) is 9.02. The van der Waals surface area contributed by atoms with Crippen molar-refractivity contribution in [2.45, 2.75) is 40.0 Å². The van der Waals surface area contributed by atoms with E-state index in [1.807, 2.05) is 13.8 Å². The molecule has 6 heteroatoms. The highest BCUT2D eigenvalue weighted by Gasteiger charge is 2.65. The van der Waals surface area contributed by atoms with Gasteiger partial charge in [-0.05, 0) is 31.1 Å². The fourth-order valence-corrected chi connectivity index (χ4v) is 5.92. The number of carbonyl (C=O) groups excluding carboxylic acids is 2. The Bertz CT molecular complexity index is 603. The van der Waals surface area contributed by atoms with Crippen molar-refractivity contribution < 1.29 is 18.0 Å². The Labute approximate surface area is 119 Å². The van der Waals surface area contributed by atoms with E-state index in [0.29, 0.717) is 12.8 Å². The number of primary amides is 1. The molecule has 5 nitrogen and oxygen atoms in total. The lowest BCUT2D eigenvalue weighted by Gasteiger charge is -2.35. The Morgan fingerprint density at radius 1 is 1.45 bits per heavy atom. The normalized spacial score (nSPS) is 32.6. The first kappa shape index (κ1) is 15.2. The molecule has 2 aliphatic carbocycles. The van der Waals surface area contributed by atoms with Crippen molar-refractivity contribution in [3.8, 4) is 0 Å². The maximum Gasteiger partial charge on any atom is 0.245 e. The molecule has 0 aliphatic heterocycles. The van der Waals surface area contributed by atoms with Gasteiger partial charge in [-0.15, -0.1) is 0 Å². The molecular weight excluding hydrogens is 278 g/mol. The second-order valence-electron chi connectivity index (χ2n) is 6.64.